The van der Waals surface area contributed by atoms with Crippen molar-refractivity contribution in [3.8, 4) is 0 Å². The third kappa shape index (κ3) is 4.26. The van der Waals surface area contributed by atoms with Crippen LogP contribution in [0.1, 0.15) is 26.3 Å². The molecule has 6 heteroatoms. The lowest BCUT2D eigenvalue weighted by Crippen LogP contribution is -2.31. The van der Waals surface area contributed by atoms with Crippen LogP contribution in [-0.2, 0) is 16.6 Å². The van der Waals surface area contributed by atoms with E-state index < -0.39 is 22.4 Å². The topological polar surface area (TPSA) is 66.4 Å². The van der Waals surface area contributed by atoms with Crippen molar-refractivity contribution < 1.29 is 17.9 Å². The van der Waals surface area contributed by atoms with Gasteiger partial charge in [-0.2, -0.15) is 0 Å². The molecule has 1 aromatic rings. The van der Waals surface area contributed by atoms with Crippen molar-refractivity contribution in [1.29, 1.82) is 0 Å². The third-order valence-corrected chi connectivity index (χ3v) is 4.73. The van der Waals surface area contributed by atoms with Gasteiger partial charge in [-0.05, 0) is 29.5 Å². The lowest BCUT2D eigenvalue weighted by Gasteiger charge is -2.17. The Morgan fingerprint density at radius 3 is 2.47 bits per heavy atom. The number of halogens is 1. The first-order valence-corrected chi connectivity index (χ1v) is 7.65. The molecule has 1 rings (SSSR count). The Bertz CT molecular complexity index is 529. The van der Waals surface area contributed by atoms with E-state index in [0.717, 1.165) is 12.1 Å². The summed E-state index contributed by atoms with van der Waals surface area (Å²) < 4.78 is 39.8. The first kappa shape index (κ1) is 16.1. The zero-order valence-corrected chi connectivity index (χ0v) is 12.2. The molecule has 1 aromatic carbocycles. The smallest absolute Gasteiger partial charge is 0.241 e. The summed E-state index contributed by atoms with van der Waals surface area (Å²) in [7, 11) is -3.80. The van der Waals surface area contributed by atoms with Crippen LogP contribution in [0.15, 0.2) is 23.1 Å². The Hall–Kier alpha value is -0.980. The minimum atomic E-state index is -3.80. The average Bonchev–Trinajstić information content (AvgIpc) is 2.35. The maximum Gasteiger partial charge on any atom is 0.241 e. The molecule has 0 aliphatic rings. The van der Waals surface area contributed by atoms with E-state index in [9.17, 15) is 12.8 Å². The van der Waals surface area contributed by atoms with Gasteiger partial charge in [0.05, 0.1) is 11.5 Å². The number of sulfonamides is 1. The van der Waals surface area contributed by atoms with Crippen LogP contribution in [-0.4, -0.2) is 20.1 Å². The SMILES string of the molecule is CC(C)C(C)CNS(=O)(=O)c1cc(F)ccc1CO. The van der Waals surface area contributed by atoms with E-state index in [1.165, 1.54) is 6.07 Å². The molecule has 2 N–H and O–H groups in total. The van der Waals surface area contributed by atoms with Crippen molar-refractivity contribution in [2.24, 2.45) is 11.8 Å². The Morgan fingerprint density at radius 1 is 1.32 bits per heavy atom. The minimum absolute atomic E-state index is 0.168. The molecule has 108 valence electrons. The van der Waals surface area contributed by atoms with Gasteiger partial charge < -0.3 is 5.11 Å². The van der Waals surface area contributed by atoms with E-state index >= 15 is 0 Å². The van der Waals surface area contributed by atoms with Crippen molar-refractivity contribution in [2.45, 2.75) is 32.3 Å². The molecule has 0 radical (unpaired) electrons. The van der Waals surface area contributed by atoms with Gasteiger partial charge in [0, 0.05) is 6.54 Å². The highest BCUT2D eigenvalue weighted by Gasteiger charge is 2.20. The molecule has 1 unspecified atom stereocenters. The molecule has 0 aromatic heterocycles. The van der Waals surface area contributed by atoms with E-state index in [4.69, 9.17) is 5.11 Å². The van der Waals surface area contributed by atoms with Gasteiger partial charge in [-0.25, -0.2) is 17.5 Å². The maximum atomic E-state index is 13.2. The van der Waals surface area contributed by atoms with Gasteiger partial charge in [0.25, 0.3) is 0 Å². The highest BCUT2D eigenvalue weighted by Crippen LogP contribution is 2.18. The summed E-state index contributed by atoms with van der Waals surface area (Å²) in [4.78, 5) is -0.203. The van der Waals surface area contributed by atoms with Crippen LogP contribution < -0.4 is 4.72 Å². The standard InChI is InChI=1S/C13H20FNO3S/c1-9(2)10(3)7-15-19(17,18)13-6-12(14)5-4-11(13)8-16/h4-6,9-10,15-16H,7-8H2,1-3H3. The molecule has 0 heterocycles. The van der Waals surface area contributed by atoms with E-state index in [0.29, 0.717) is 5.92 Å². The first-order valence-electron chi connectivity index (χ1n) is 6.17. The van der Waals surface area contributed by atoms with Gasteiger partial charge in [-0.1, -0.05) is 26.8 Å². The van der Waals surface area contributed by atoms with Gasteiger partial charge in [0.2, 0.25) is 10.0 Å². The van der Waals surface area contributed by atoms with Crippen LogP contribution in [0.2, 0.25) is 0 Å². The second-order valence-electron chi connectivity index (χ2n) is 4.98. The van der Waals surface area contributed by atoms with E-state index in [-0.39, 0.29) is 22.9 Å². The number of aliphatic hydroxyl groups is 1. The fraction of sp³-hybridized carbons (Fsp3) is 0.538. The van der Waals surface area contributed by atoms with Gasteiger partial charge >= 0.3 is 0 Å². The van der Waals surface area contributed by atoms with E-state index in [1.54, 1.807) is 0 Å². The third-order valence-electron chi connectivity index (χ3n) is 3.22. The maximum absolute atomic E-state index is 13.2. The molecule has 0 amide bonds. The summed E-state index contributed by atoms with van der Waals surface area (Å²) in [6.45, 7) is 5.77. The molecule has 0 fully saturated rings. The average molecular weight is 289 g/mol. The molecule has 4 nitrogen and oxygen atoms in total. The monoisotopic (exact) mass is 289 g/mol. The number of rotatable bonds is 6. The lowest BCUT2D eigenvalue weighted by atomic mass is 9.99. The summed E-state index contributed by atoms with van der Waals surface area (Å²) in [6.07, 6.45) is 0. The summed E-state index contributed by atoms with van der Waals surface area (Å²) in [5.74, 6) is -0.136. The molecule has 19 heavy (non-hydrogen) atoms. The van der Waals surface area contributed by atoms with E-state index in [1.807, 2.05) is 20.8 Å². The molecule has 0 saturated carbocycles. The van der Waals surface area contributed by atoms with Gasteiger partial charge in [0.15, 0.2) is 0 Å². The Kier molecular flexibility index (Phi) is 5.46. The van der Waals surface area contributed by atoms with E-state index in [2.05, 4.69) is 4.72 Å². The molecular formula is C13H20FNO3S. The number of nitrogens with one attached hydrogen (secondary N) is 1. The summed E-state index contributed by atoms with van der Waals surface area (Å²) in [6, 6.07) is 3.32. The number of benzene rings is 1. The Balaban J connectivity index is 2.97. The fourth-order valence-electron chi connectivity index (χ4n) is 1.46. The predicted octanol–water partition coefficient (Wildman–Crippen LogP) is 1.89. The van der Waals surface area contributed by atoms with Crippen LogP contribution >= 0.6 is 0 Å². The van der Waals surface area contributed by atoms with Crippen LogP contribution in [0, 0.1) is 17.7 Å². The quantitative estimate of drug-likeness (QED) is 0.840. The zero-order chi connectivity index (χ0) is 14.6. The summed E-state index contributed by atoms with van der Waals surface area (Å²) in [5, 5.41) is 9.12. The first-order chi connectivity index (χ1) is 8.77. The highest BCUT2D eigenvalue weighted by atomic mass is 32.2. The molecule has 0 aliphatic carbocycles. The zero-order valence-electron chi connectivity index (χ0n) is 11.4. The summed E-state index contributed by atoms with van der Waals surface area (Å²) in [5.41, 5.74) is 0.186. The predicted molar refractivity (Wildman–Crippen MR) is 71.5 cm³/mol. The van der Waals surface area contributed by atoms with Crippen molar-refractivity contribution in [3.05, 3.63) is 29.6 Å². The van der Waals surface area contributed by atoms with Gasteiger partial charge in [-0.15, -0.1) is 0 Å². The number of aliphatic hydroxyl groups excluding tert-OH is 1. The highest BCUT2D eigenvalue weighted by molar-refractivity contribution is 7.89. The summed E-state index contributed by atoms with van der Waals surface area (Å²) >= 11 is 0. The fourth-order valence-corrected chi connectivity index (χ4v) is 2.85. The van der Waals surface area contributed by atoms with Crippen LogP contribution in [0.4, 0.5) is 4.39 Å². The normalized spacial score (nSPS) is 13.8. The van der Waals surface area contributed by atoms with Crippen LogP contribution in [0.25, 0.3) is 0 Å². The second kappa shape index (κ2) is 6.45. The Morgan fingerprint density at radius 2 is 1.95 bits per heavy atom. The molecule has 1 atom stereocenters. The molecule has 0 bridgehead atoms. The minimum Gasteiger partial charge on any atom is -0.392 e. The second-order valence-corrected chi connectivity index (χ2v) is 6.72. The van der Waals surface area contributed by atoms with Crippen molar-refractivity contribution in [1.82, 2.24) is 4.72 Å². The molecule has 0 spiro atoms. The van der Waals surface area contributed by atoms with Crippen molar-refractivity contribution in [3.63, 3.8) is 0 Å². The largest absolute Gasteiger partial charge is 0.392 e. The van der Waals surface area contributed by atoms with Crippen molar-refractivity contribution >= 4 is 10.0 Å². The number of hydrogen-bond donors (Lipinski definition) is 2. The number of hydrogen-bond acceptors (Lipinski definition) is 3. The lowest BCUT2D eigenvalue weighted by molar-refractivity contribution is 0.278. The van der Waals surface area contributed by atoms with Crippen molar-refractivity contribution in [2.75, 3.05) is 6.54 Å². The Labute approximate surface area is 113 Å². The van der Waals surface area contributed by atoms with Gasteiger partial charge in [-0.3, -0.25) is 0 Å². The molecular weight excluding hydrogens is 269 g/mol. The molecule has 0 saturated heterocycles. The van der Waals surface area contributed by atoms with Crippen LogP contribution in [0.3, 0.4) is 0 Å². The molecule has 0 aliphatic heterocycles. The van der Waals surface area contributed by atoms with Gasteiger partial charge in [0.1, 0.15) is 5.82 Å². The van der Waals surface area contributed by atoms with Crippen LogP contribution in [0.5, 0.6) is 0 Å².